The third kappa shape index (κ3) is 6.59. The van der Waals surface area contributed by atoms with Gasteiger partial charge in [0.15, 0.2) is 6.61 Å². The van der Waals surface area contributed by atoms with Crippen LogP contribution in [-0.2, 0) is 4.79 Å². The molecule has 2 aromatic carbocycles. The van der Waals surface area contributed by atoms with Gasteiger partial charge in [-0.1, -0.05) is 22.0 Å². The summed E-state index contributed by atoms with van der Waals surface area (Å²) in [4.78, 5) is 23.9. The van der Waals surface area contributed by atoms with Crippen molar-refractivity contribution in [2.75, 3.05) is 18.5 Å². The normalized spacial score (nSPS) is 10.7. The van der Waals surface area contributed by atoms with Crippen molar-refractivity contribution in [1.29, 1.82) is 5.26 Å². The minimum atomic E-state index is -4.54. The Labute approximate surface area is 166 Å². The smallest absolute Gasteiger partial charge is 0.422 e. The van der Waals surface area contributed by atoms with E-state index < -0.39 is 24.6 Å². The lowest BCUT2D eigenvalue weighted by molar-refractivity contribution is -0.153. The highest BCUT2D eigenvalue weighted by Crippen LogP contribution is 2.24. The second-order valence-electron chi connectivity index (χ2n) is 5.47. The Morgan fingerprint density at radius 2 is 1.93 bits per heavy atom. The summed E-state index contributed by atoms with van der Waals surface area (Å²) >= 11 is 3.24. The summed E-state index contributed by atoms with van der Waals surface area (Å²) in [5, 5.41) is 13.9. The van der Waals surface area contributed by atoms with E-state index in [1.54, 1.807) is 30.3 Å². The highest BCUT2D eigenvalue weighted by Gasteiger charge is 2.28. The first kappa shape index (κ1) is 21.2. The molecule has 0 atom stereocenters. The van der Waals surface area contributed by atoms with Crippen molar-refractivity contribution in [2.45, 2.75) is 6.18 Å². The standard InChI is InChI=1S/C18H13BrF3N3O3/c19-13-3-1-2-11(6-13)17(27)24-9-16(26)25-14-4-5-15(12(7-14)8-23)28-10-18(20,21)22/h1-7H,9-10H2,(H,24,27)(H,25,26). The van der Waals surface area contributed by atoms with Gasteiger partial charge >= 0.3 is 6.18 Å². The maximum Gasteiger partial charge on any atom is 0.422 e. The molecule has 2 rings (SSSR count). The Bertz CT molecular complexity index is 926. The number of carbonyl (C=O) groups is 2. The maximum atomic E-state index is 12.2. The van der Waals surface area contributed by atoms with E-state index in [1.165, 1.54) is 12.1 Å². The summed E-state index contributed by atoms with van der Waals surface area (Å²) in [6.07, 6.45) is -4.54. The molecule has 2 N–H and O–H groups in total. The topological polar surface area (TPSA) is 91.2 Å². The van der Waals surface area contributed by atoms with Gasteiger partial charge < -0.3 is 15.4 Å². The van der Waals surface area contributed by atoms with Gasteiger partial charge in [-0.25, -0.2) is 0 Å². The number of hydrogen-bond acceptors (Lipinski definition) is 4. The Kier molecular flexibility index (Phi) is 7.00. The number of halogens is 4. The molecule has 0 bridgehead atoms. The number of carbonyl (C=O) groups excluding carboxylic acids is 2. The molecule has 0 aromatic heterocycles. The van der Waals surface area contributed by atoms with Gasteiger partial charge in [0, 0.05) is 15.7 Å². The van der Waals surface area contributed by atoms with Crippen LogP contribution < -0.4 is 15.4 Å². The van der Waals surface area contributed by atoms with E-state index in [2.05, 4.69) is 31.3 Å². The van der Waals surface area contributed by atoms with Crippen LogP contribution in [0.5, 0.6) is 5.75 Å². The molecule has 0 unspecified atom stereocenters. The van der Waals surface area contributed by atoms with Crippen LogP contribution in [0.4, 0.5) is 18.9 Å². The van der Waals surface area contributed by atoms with Crippen LogP contribution in [0.25, 0.3) is 0 Å². The van der Waals surface area contributed by atoms with Crippen molar-refractivity contribution in [1.82, 2.24) is 5.32 Å². The minimum absolute atomic E-state index is 0.166. The van der Waals surface area contributed by atoms with Gasteiger partial charge in [0.1, 0.15) is 11.8 Å². The second-order valence-corrected chi connectivity index (χ2v) is 6.38. The van der Waals surface area contributed by atoms with Crippen LogP contribution in [0.1, 0.15) is 15.9 Å². The minimum Gasteiger partial charge on any atom is -0.483 e. The number of hydrogen-bond donors (Lipinski definition) is 2. The lowest BCUT2D eigenvalue weighted by atomic mass is 10.2. The van der Waals surface area contributed by atoms with Crippen molar-refractivity contribution in [3.63, 3.8) is 0 Å². The van der Waals surface area contributed by atoms with Gasteiger partial charge in [0.2, 0.25) is 5.91 Å². The molecular formula is C18H13BrF3N3O3. The molecule has 0 radical (unpaired) electrons. The Morgan fingerprint density at radius 3 is 2.57 bits per heavy atom. The number of rotatable bonds is 6. The van der Waals surface area contributed by atoms with Crippen LogP contribution in [0.15, 0.2) is 46.9 Å². The molecule has 2 aromatic rings. The number of nitrogens with one attached hydrogen (secondary N) is 2. The molecule has 0 saturated heterocycles. The van der Waals surface area contributed by atoms with E-state index in [1.807, 2.05) is 0 Å². The predicted molar refractivity (Wildman–Crippen MR) is 97.8 cm³/mol. The van der Waals surface area contributed by atoms with E-state index >= 15 is 0 Å². The molecule has 0 fully saturated rings. The Balaban J connectivity index is 1.94. The van der Waals surface area contributed by atoms with Gasteiger partial charge in [-0.05, 0) is 36.4 Å². The predicted octanol–water partition coefficient (Wildman–Crippen LogP) is 3.63. The first-order valence-corrected chi connectivity index (χ1v) is 8.54. The fourth-order valence-electron chi connectivity index (χ4n) is 2.08. The molecule has 6 nitrogen and oxygen atoms in total. The van der Waals surface area contributed by atoms with Crippen molar-refractivity contribution in [2.24, 2.45) is 0 Å². The number of ether oxygens (including phenoxy) is 1. The summed E-state index contributed by atoms with van der Waals surface area (Å²) in [6, 6.07) is 11.9. The van der Waals surface area contributed by atoms with Crippen molar-refractivity contribution < 1.29 is 27.5 Å². The fraction of sp³-hybridized carbons (Fsp3) is 0.167. The zero-order valence-electron chi connectivity index (χ0n) is 14.1. The van der Waals surface area contributed by atoms with Crippen LogP contribution in [0.2, 0.25) is 0 Å². The molecule has 0 aliphatic rings. The van der Waals surface area contributed by atoms with Crippen LogP contribution in [-0.4, -0.2) is 31.1 Å². The molecule has 0 heterocycles. The first-order valence-electron chi connectivity index (χ1n) is 7.75. The fourth-order valence-corrected chi connectivity index (χ4v) is 2.48. The molecule has 0 spiro atoms. The van der Waals surface area contributed by atoms with Crippen LogP contribution >= 0.6 is 15.9 Å². The molecule has 28 heavy (non-hydrogen) atoms. The average Bonchev–Trinajstić information content (AvgIpc) is 2.64. The van der Waals surface area contributed by atoms with Gasteiger partial charge in [0.05, 0.1) is 12.1 Å². The molecule has 2 amide bonds. The third-order valence-corrected chi connectivity index (χ3v) is 3.76. The largest absolute Gasteiger partial charge is 0.483 e. The van der Waals surface area contributed by atoms with Gasteiger partial charge in [-0.3, -0.25) is 9.59 Å². The highest BCUT2D eigenvalue weighted by molar-refractivity contribution is 9.10. The monoisotopic (exact) mass is 455 g/mol. The molecule has 10 heteroatoms. The van der Waals surface area contributed by atoms with Gasteiger partial charge in [-0.15, -0.1) is 0 Å². The lowest BCUT2D eigenvalue weighted by Crippen LogP contribution is -2.32. The first-order chi connectivity index (χ1) is 13.2. The SMILES string of the molecule is N#Cc1cc(NC(=O)CNC(=O)c2cccc(Br)c2)ccc1OCC(F)(F)F. The highest BCUT2D eigenvalue weighted by atomic mass is 79.9. The number of amides is 2. The number of nitrogens with zero attached hydrogens (tertiary/aromatic N) is 1. The van der Waals surface area contributed by atoms with Crippen LogP contribution in [0.3, 0.4) is 0 Å². The summed E-state index contributed by atoms with van der Waals surface area (Å²) in [5.74, 6) is -1.28. The van der Waals surface area contributed by atoms with E-state index in [-0.39, 0.29) is 23.5 Å². The van der Waals surface area contributed by atoms with Crippen LogP contribution in [0, 0.1) is 11.3 Å². The molecule has 0 aliphatic carbocycles. The van der Waals surface area contributed by atoms with Crippen molar-refractivity contribution in [3.05, 3.63) is 58.1 Å². The molecule has 0 aliphatic heterocycles. The summed E-state index contributed by atoms with van der Waals surface area (Å²) in [7, 11) is 0. The van der Waals surface area contributed by atoms with Gasteiger partial charge in [0.25, 0.3) is 5.91 Å². The number of nitriles is 1. The van der Waals surface area contributed by atoms with E-state index in [4.69, 9.17) is 5.26 Å². The third-order valence-electron chi connectivity index (χ3n) is 3.27. The van der Waals surface area contributed by atoms with Crippen molar-refractivity contribution >= 4 is 33.4 Å². The maximum absolute atomic E-state index is 12.2. The zero-order chi connectivity index (χ0) is 20.7. The van der Waals surface area contributed by atoms with Crippen molar-refractivity contribution in [3.8, 4) is 11.8 Å². The summed E-state index contributed by atoms with van der Waals surface area (Å²) < 4.78 is 41.9. The van der Waals surface area contributed by atoms with E-state index in [9.17, 15) is 22.8 Å². The molecule has 146 valence electrons. The second kappa shape index (κ2) is 9.23. The number of anilines is 1. The Morgan fingerprint density at radius 1 is 1.18 bits per heavy atom. The Hall–Kier alpha value is -3.06. The number of benzene rings is 2. The molecular weight excluding hydrogens is 443 g/mol. The quantitative estimate of drug-likeness (QED) is 0.695. The van der Waals surface area contributed by atoms with E-state index in [0.29, 0.717) is 10.0 Å². The van der Waals surface area contributed by atoms with Gasteiger partial charge in [-0.2, -0.15) is 18.4 Å². The van der Waals surface area contributed by atoms with E-state index in [0.717, 1.165) is 6.07 Å². The zero-order valence-corrected chi connectivity index (χ0v) is 15.7. The molecule has 0 saturated carbocycles. The summed E-state index contributed by atoms with van der Waals surface area (Å²) in [6.45, 7) is -1.87. The summed E-state index contributed by atoms with van der Waals surface area (Å²) in [5.41, 5.74) is 0.373. The lowest BCUT2D eigenvalue weighted by Gasteiger charge is -2.12. The number of alkyl halides is 3. The average molecular weight is 456 g/mol.